The lowest BCUT2D eigenvalue weighted by Crippen LogP contribution is -1.79. The fourth-order valence-electron chi connectivity index (χ4n) is 2.25. The summed E-state index contributed by atoms with van der Waals surface area (Å²) >= 11 is 6.13. The van der Waals surface area contributed by atoms with Gasteiger partial charge < -0.3 is 4.42 Å². The summed E-state index contributed by atoms with van der Waals surface area (Å²) in [6.45, 7) is 6.19. The van der Waals surface area contributed by atoms with Crippen LogP contribution in [0.25, 0.3) is 21.9 Å². The summed E-state index contributed by atoms with van der Waals surface area (Å²) in [5.74, 6) is 0. The van der Waals surface area contributed by atoms with Gasteiger partial charge in [-0.2, -0.15) is 0 Å². The molecular formula is C15H13ClO. The Hall–Kier alpha value is -1.47. The molecule has 86 valence electrons. The van der Waals surface area contributed by atoms with Crippen LogP contribution < -0.4 is 0 Å². The van der Waals surface area contributed by atoms with Gasteiger partial charge in [-0.3, -0.25) is 0 Å². The van der Waals surface area contributed by atoms with Crippen LogP contribution in [-0.4, -0.2) is 0 Å². The van der Waals surface area contributed by atoms with E-state index in [-0.39, 0.29) is 0 Å². The first kappa shape index (κ1) is 10.7. The van der Waals surface area contributed by atoms with E-state index in [9.17, 15) is 0 Å². The van der Waals surface area contributed by atoms with Gasteiger partial charge in [0.1, 0.15) is 11.2 Å². The Labute approximate surface area is 105 Å². The minimum atomic E-state index is 0.755. The van der Waals surface area contributed by atoms with Crippen LogP contribution in [0.1, 0.15) is 16.7 Å². The van der Waals surface area contributed by atoms with Crippen LogP contribution in [0.5, 0.6) is 0 Å². The monoisotopic (exact) mass is 244 g/mol. The first-order chi connectivity index (χ1) is 8.09. The number of hydrogen-bond donors (Lipinski definition) is 0. The molecule has 0 bridgehead atoms. The van der Waals surface area contributed by atoms with Crippen molar-refractivity contribution < 1.29 is 4.42 Å². The molecule has 0 aliphatic rings. The van der Waals surface area contributed by atoms with Crippen molar-refractivity contribution in [2.45, 2.75) is 20.8 Å². The van der Waals surface area contributed by atoms with E-state index >= 15 is 0 Å². The molecule has 0 fully saturated rings. The number of fused-ring (bicyclic) bond motifs is 3. The molecule has 2 aromatic carbocycles. The topological polar surface area (TPSA) is 13.1 Å². The summed E-state index contributed by atoms with van der Waals surface area (Å²) in [5.41, 5.74) is 5.35. The maximum Gasteiger partial charge on any atom is 0.139 e. The quantitative estimate of drug-likeness (QED) is 0.532. The molecule has 0 saturated heterocycles. The minimum absolute atomic E-state index is 0.755. The Bertz CT molecular complexity index is 675. The third-order valence-electron chi connectivity index (χ3n) is 3.51. The predicted molar refractivity (Wildman–Crippen MR) is 72.9 cm³/mol. The van der Waals surface area contributed by atoms with Gasteiger partial charge in [0.25, 0.3) is 0 Å². The molecule has 17 heavy (non-hydrogen) atoms. The fourth-order valence-corrected chi connectivity index (χ4v) is 2.40. The summed E-state index contributed by atoms with van der Waals surface area (Å²) < 4.78 is 5.99. The van der Waals surface area contributed by atoms with Crippen molar-refractivity contribution in [2.24, 2.45) is 0 Å². The van der Waals surface area contributed by atoms with Crippen molar-refractivity contribution >= 4 is 33.5 Å². The molecule has 0 radical (unpaired) electrons. The van der Waals surface area contributed by atoms with E-state index in [0.29, 0.717) is 0 Å². The van der Waals surface area contributed by atoms with Crippen LogP contribution in [0, 0.1) is 20.8 Å². The summed E-state index contributed by atoms with van der Waals surface area (Å²) in [7, 11) is 0. The fraction of sp³-hybridized carbons (Fsp3) is 0.200. The normalized spacial score (nSPS) is 11.5. The first-order valence-electron chi connectivity index (χ1n) is 5.67. The number of aryl methyl sites for hydroxylation is 3. The molecule has 0 unspecified atom stereocenters. The molecule has 0 aliphatic heterocycles. The van der Waals surface area contributed by atoms with Crippen LogP contribution in [-0.2, 0) is 0 Å². The van der Waals surface area contributed by atoms with Crippen molar-refractivity contribution in [3.8, 4) is 0 Å². The maximum atomic E-state index is 6.13. The van der Waals surface area contributed by atoms with Crippen LogP contribution in [0.15, 0.2) is 28.7 Å². The second-order valence-corrected chi connectivity index (χ2v) is 4.94. The zero-order valence-electron chi connectivity index (χ0n) is 10.1. The second-order valence-electron chi connectivity index (χ2n) is 4.54. The highest BCUT2D eigenvalue weighted by Crippen LogP contribution is 2.35. The number of halogens is 1. The van der Waals surface area contributed by atoms with Gasteiger partial charge in [-0.15, -0.1) is 0 Å². The largest absolute Gasteiger partial charge is 0.455 e. The molecule has 3 aromatic rings. The summed E-state index contributed by atoms with van der Waals surface area (Å²) in [6.07, 6.45) is 0. The van der Waals surface area contributed by atoms with Crippen LogP contribution in [0.4, 0.5) is 0 Å². The standard InChI is InChI=1S/C15H13ClO/c1-8-4-5-11-12-6-7-13(16)10(3)15(12)17-14(11)9(8)2/h4-7H,1-3H3. The van der Waals surface area contributed by atoms with Gasteiger partial charge in [0.15, 0.2) is 0 Å². The van der Waals surface area contributed by atoms with Crippen LogP contribution in [0.3, 0.4) is 0 Å². The van der Waals surface area contributed by atoms with E-state index in [1.165, 1.54) is 16.5 Å². The first-order valence-corrected chi connectivity index (χ1v) is 6.05. The third-order valence-corrected chi connectivity index (χ3v) is 3.92. The van der Waals surface area contributed by atoms with Crippen LogP contribution in [0.2, 0.25) is 5.02 Å². The summed E-state index contributed by atoms with van der Waals surface area (Å²) in [5, 5.41) is 3.07. The number of rotatable bonds is 0. The average molecular weight is 245 g/mol. The molecule has 1 aromatic heterocycles. The highest BCUT2D eigenvalue weighted by Gasteiger charge is 2.13. The SMILES string of the molecule is Cc1ccc2c(oc3c(C)c(Cl)ccc32)c1C. The molecule has 1 heterocycles. The smallest absolute Gasteiger partial charge is 0.139 e. The molecule has 3 rings (SSSR count). The Morgan fingerprint density at radius 3 is 2.12 bits per heavy atom. The van der Waals surface area contributed by atoms with Gasteiger partial charge in [-0.1, -0.05) is 23.7 Å². The molecule has 0 N–H and O–H groups in total. The maximum absolute atomic E-state index is 6.13. The second kappa shape index (κ2) is 3.51. The molecule has 0 amide bonds. The highest BCUT2D eigenvalue weighted by atomic mass is 35.5. The van der Waals surface area contributed by atoms with Gasteiger partial charge in [0.05, 0.1) is 0 Å². The Kier molecular flexibility index (Phi) is 2.20. The van der Waals surface area contributed by atoms with Crippen molar-refractivity contribution in [3.63, 3.8) is 0 Å². The number of furan rings is 1. The molecular weight excluding hydrogens is 232 g/mol. The van der Waals surface area contributed by atoms with Gasteiger partial charge >= 0.3 is 0 Å². The van der Waals surface area contributed by atoms with E-state index in [0.717, 1.165) is 27.1 Å². The lowest BCUT2D eigenvalue weighted by atomic mass is 10.0. The summed E-state index contributed by atoms with van der Waals surface area (Å²) in [4.78, 5) is 0. The average Bonchev–Trinajstić information content (AvgIpc) is 2.69. The Balaban J connectivity index is 2.58. The van der Waals surface area contributed by atoms with E-state index in [2.05, 4.69) is 26.0 Å². The van der Waals surface area contributed by atoms with Crippen molar-refractivity contribution in [1.29, 1.82) is 0 Å². The van der Waals surface area contributed by atoms with Gasteiger partial charge in [-0.25, -0.2) is 0 Å². The zero-order chi connectivity index (χ0) is 12.2. The van der Waals surface area contributed by atoms with Crippen molar-refractivity contribution in [2.75, 3.05) is 0 Å². The highest BCUT2D eigenvalue weighted by molar-refractivity contribution is 6.32. The Morgan fingerprint density at radius 2 is 1.41 bits per heavy atom. The van der Waals surface area contributed by atoms with Crippen molar-refractivity contribution in [1.82, 2.24) is 0 Å². The van der Waals surface area contributed by atoms with Gasteiger partial charge in [0, 0.05) is 21.4 Å². The zero-order valence-corrected chi connectivity index (χ0v) is 10.9. The van der Waals surface area contributed by atoms with Gasteiger partial charge in [0.2, 0.25) is 0 Å². The molecule has 0 saturated carbocycles. The van der Waals surface area contributed by atoms with E-state index in [1.54, 1.807) is 0 Å². The lowest BCUT2D eigenvalue weighted by molar-refractivity contribution is 0.662. The van der Waals surface area contributed by atoms with E-state index < -0.39 is 0 Å². The summed E-state index contributed by atoms with van der Waals surface area (Å²) in [6, 6.07) is 8.22. The van der Waals surface area contributed by atoms with E-state index in [4.69, 9.17) is 16.0 Å². The number of hydrogen-bond acceptors (Lipinski definition) is 1. The molecule has 0 aliphatic carbocycles. The van der Waals surface area contributed by atoms with E-state index in [1.807, 2.05) is 19.1 Å². The predicted octanol–water partition coefficient (Wildman–Crippen LogP) is 5.16. The van der Waals surface area contributed by atoms with Gasteiger partial charge in [-0.05, 0) is 44.0 Å². The molecule has 2 heteroatoms. The third kappa shape index (κ3) is 1.39. The molecule has 0 spiro atoms. The number of benzene rings is 2. The van der Waals surface area contributed by atoms with Crippen LogP contribution >= 0.6 is 11.6 Å². The molecule has 1 nitrogen and oxygen atoms in total. The Morgan fingerprint density at radius 1 is 0.824 bits per heavy atom. The molecule has 0 atom stereocenters. The lowest BCUT2D eigenvalue weighted by Gasteiger charge is -1.98. The minimum Gasteiger partial charge on any atom is -0.455 e. The van der Waals surface area contributed by atoms with Crippen molar-refractivity contribution in [3.05, 3.63) is 46.0 Å².